The van der Waals surface area contributed by atoms with Gasteiger partial charge >= 0.3 is 0 Å². The molecule has 0 atom stereocenters. The summed E-state index contributed by atoms with van der Waals surface area (Å²) in [6.07, 6.45) is 1.94. The summed E-state index contributed by atoms with van der Waals surface area (Å²) in [4.78, 5) is 14.0. The summed E-state index contributed by atoms with van der Waals surface area (Å²) < 4.78 is 0. The lowest BCUT2D eigenvalue weighted by Crippen LogP contribution is -2.44. The molecule has 0 spiro atoms. The van der Waals surface area contributed by atoms with Crippen LogP contribution < -0.4 is 11.1 Å². The second-order valence-electron chi connectivity index (χ2n) is 4.98. The first-order valence-corrected chi connectivity index (χ1v) is 7.01. The molecule has 4 nitrogen and oxygen atoms in total. The van der Waals surface area contributed by atoms with Crippen molar-refractivity contribution < 1.29 is 4.79 Å². The highest BCUT2D eigenvalue weighted by Crippen LogP contribution is 2.14. The van der Waals surface area contributed by atoms with Crippen molar-refractivity contribution in [3.8, 4) is 0 Å². The van der Waals surface area contributed by atoms with Gasteiger partial charge in [0.1, 0.15) is 0 Å². The minimum absolute atomic E-state index is 0.0374. The molecular formula is C14H20ClN3O. The lowest BCUT2D eigenvalue weighted by Gasteiger charge is -2.29. The van der Waals surface area contributed by atoms with Crippen molar-refractivity contribution in [3.63, 3.8) is 0 Å². The van der Waals surface area contributed by atoms with E-state index in [4.69, 9.17) is 17.3 Å². The Hall–Kier alpha value is -1.10. The lowest BCUT2D eigenvalue weighted by molar-refractivity contribution is -0.122. The number of halogens is 1. The molecule has 0 aromatic heterocycles. The fraction of sp³-hybridized carbons (Fsp3) is 0.500. The maximum Gasteiger partial charge on any atom is 0.234 e. The van der Waals surface area contributed by atoms with E-state index < -0.39 is 0 Å². The summed E-state index contributed by atoms with van der Waals surface area (Å²) in [5.41, 5.74) is 6.78. The Labute approximate surface area is 118 Å². The van der Waals surface area contributed by atoms with Gasteiger partial charge in [0.2, 0.25) is 5.91 Å². The quantitative estimate of drug-likeness (QED) is 0.877. The number of nitrogens with one attached hydrogen (secondary N) is 1. The first-order chi connectivity index (χ1) is 9.15. The molecule has 5 heteroatoms. The van der Waals surface area contributed by atoms with Gasteiger partial charge in [0.25, 0.3) is 0 Å². The number of hydrogen-bond donors (Lipinski definition) is 2. The Morgan fingerprint density at radius 2 is 2.05 bits per heavy atom. The highest BCUT2D eigenvalue weighted by atomic mass is 35.5. The van der Waals surface area contributed by atoms with E-state index in [1.165, 1.54) is 0 Å². The number of rotatable bonds is 4. The van der Waals surface area contributed by atoms with Gasteiger partial charge < -0.3 is 11.1 Å². The van der Waals surface area contributed by atoms with Crippen molar-refractivity contribution in [1.29, 1.82) is 0 Å². The molecule has 1 amide bonds. The van der Waals surface area contributed by atoms with Gasteiger partial charge in [-0.1, -0.05) is 29.8 Å². The van der Waals surface area contributed by atoms with Crippen LogP contribution in [-0.4, -0.2) is 36.5 Å². The largest absolute Gasteiger partial charge is 0.351 e. The molecular weight excluding hydrogens is 262 g/mol. The van der Waals surface area contributed by atoms with Gasteiger partial charge in [-0.3, -0.25) is 9.69 Å². The van der Waals surface area contributed by atoms with Gasteiger partial charge in [0.15, 0.2) is 0 Å². The highest BCUT2D eigenvalue weighted by molar-refractivity contribution is 6.31. The third-order valence-corrected chi connectivity index (χ3v) is 3.80. The molecule has 0 radical (unpaired) electrons. The van der Waals surface area contributed by atoms with Gasteiger partial charge in [-0.15, -0.1) is 0 Å². The molecule has 1 aliphatic rings. The van der Waals surface area contributed by atoms with Crippen LogP contribution in [0.1, 0.15) is 18.4 Å². The van der Waals surface area contributed by atoms with E-state index in [1.54, 1.807) is 0 Å². The van der Waals surface area contributed by atoms with E-state index in [-0.39, 0.29) is 5.91 Å². The molecule has 104 valence electrons. The van der Waals surface area contributed by atoms with Gasteiger partial charge in [-0.25, -0.2) is 0 Å². The maximum atomic E-state index is 11.9. The number of likely N-dealkylation sites (tertiary alicyclic amines) is 1. The monoisotopic (exact) mass is 281 g/mol. The molecule has 1 heterocycles. The van der Waals surface area contributed by atoms with Crippen LogP contribution in [-0.2, 0) is 11.3 Å². The normalized spacial score (nSPS) is 17.4. The van der Waals surface area contributed by atoms with Gasteiger partial charge in [0.05, 0.1) is 6.54 Å². The number of nitrogens with zero attached hydrogens (tertiary/aromatic N) is 1. The second kappa shape index (κ2) is 6.89. The molecule has 1 aromatic carbocycles. The SMILES string of the molecule is NC1CCN(CC(=O)NCc2ccccc2Cl)CC1. The number of carbonyl (C=O) groups excluding carboxylic acids is 1. The molecule has 0 bridgehead atoms. The molecule has 0 aliphatic carbocycles. The summed E-state index contributed by atoms with van der Waals surface area (Å²) in [5.74, 6) is 0.0374. The molecule has 1 aliphatic heterocycles. The van der Waals surface area contributed by atoms with E-state index in [1.807, 2.05) is 24.3 Å². The molecule has 1 aromatic rings. The molecule has 19 heavy (non-hydrogen) atoms. The minimum Gasteiger partial charge on any atom is -0.351 e. The van der Waals surface area contributed by atoms with E-state index in [9.17, 15) is 4.79 Å². The molecule has 1 saturated heterocycles. The third-order valence-electron chi connectivity index (χ3n) is 3.43. The summed E-state index contributed by atoms with van der Waals surface area (Å²) in [6, 6.07) is 7.84. The predicted molar refractivity (Wildman–Crippen MR) is 76.9 cm³/mol. The van der Waals surface area contributed by atoms with E-state index >= 15 is 0 Å². The summed E-state index contributed by atoms with van der Waals surface area (Å²) >= 11 is 6.04. The number of carbonyl (C=O) groups is 1. The van der Waals surface area contributed by atoms with Crippen molar-refractivity contribution in [2.45, 2.75) is 25.4 Å². The number of benzene rings is 1. The fourth-order valence-electron chi connectivity index (χ4n) is 2.21. The van der Waals surface area contributed by atoms with Gasteiger partial charge in [-0.2, -0.15) is 0 Å². The van der Waals surface area contributed by atoms with Crippen LogP contribution in [0.15, 0.2) is 24.3 Å². The smallest absolute Gasteiger partial charge is 0.234 e. The summed E-state index contributed by atoms with van der Waals surface area (Å²) in [5, 5.41) is 3.59. The number of hydrogen-bond acceptors (Lipinski definition) is 3. The maximum absolute atomic E-state index is 11.9. The van der Waals surface area contributed by atoms with Crippen molar-refractivity contribution in [3.05, 3.63) is 34.9 Å². The van der Waals surface area contributed by atoms with Crippen LogP contribution in [0, 0.1) is 0 Å². The van der Waals surface area contributed by atoms with Crippen molar-refractivity contribution in [2.75, 3.05) is 19.6 Å². The Kier molecular flexibility index (Phi) is 5.19. The van der Waals surface area contributed by atoms with Crippen molar-refractivity contribution in [1.82, 2.24) is 10.2 Å². The van der Waals surface area contributed by atoms with Crippen LogP contribution in [0.2, 0.25) is 5.02 Å². The zero-order valence-electron chi connectivity index (χ0n) is 10.9. The first-order valence-electron chi connectivity index (χ1n) is 6.63. The standard InChI is InChI=1S/C14H20ClN3O/c15-13-4-2-1-3-11(13)9-17-14(19)10-18-7-5-12(16)6-8-18/h1-4,12H,5-10,16H2,(H,17,19). The van der Waals surface area contributed by atoms with Crippen LogP contribution in [0.4, 0.5) is 0 Å². The van der Waals surface area contributed by atoms with Crippen molar-refractivity contribution in [2.24, 2.45) is 5.73 Å². The zero-order chi connectivity index (χ0) is 13.7. The zero-order valence-corrected chi connectivity index (χ0v) is 11.7. The highest BCUT2D eigenvalue weighted by Gasteiger charge is 2.17. The van der Waals surface area contributed by atoms with Crippen LogP contribution >= 0.6 is 11.6 Å². The average Bonchev–Trinajstić information content (AvgIpc) is 2.40. The van der Waals surface area contributed by atoms with E-state index in [0.717, 1.165) is 31.5 Å². The fourth-order valence-corrected chi connectivity index (χ4v) is 2.41. The average molecular weight is 282 g/mol. The predicted octanol–water partition coefficient (Wildman–Crippen LogP) is 1.38. The van der Waals surface area contributed by atoms with Crippen LogP contribution in [0.5, 0.6) is 0 Å². The van der Waals surface area contributed by atoms with Gasteiger partial charge in [-0.05, 0) is 24.5 Å². The van der Waals surface area contributed by atoms with E-state index in [0.29, 0.717) is 24.2 Å². The third kappa shape index (κ3) is 4.49. The van der Waals surface area contributed by atoms with Crippen LogP contribution in [0.25, 0.3) is 0 Å². The van der Waals surface area contributed by atoms with Gasteiger partial charge in [0, 0.05) is 30.7 Å². The van der Waals surface area contributed by atoms with E-state index in [2.05, 4.69) is 10.2 Å². The Bertz CT molecular complexity index is 430. The Morgan fingerprint density at radius 1 is 1.37 bits per heavy atom. The molecule has 0 unspecified atom stereocenters. The topological polar surface area (TPSA) is 58.4 Å². The summed E-state index contributed by atoms with van der Waals surface area (Å²) in [7, 11) is 0. The first kappa shape index (κ1) is 14.3. The lowest BCUT2D eigenvalue weighted by atomic mass is 10.1. The number of piperidine rings is 1. The Morgan fingerprint density at radius 3 is 2.74 bits per heavy atom. The molecule has 3 N–H and O–H groups in total. The Balaban J connectivity index is 1.74. The minimum atomic E-state index is 0.0374. The molecule has 2 rings (SSSR count). The van der Waals surface area contributed by atoms with Crippen LogP contribution in [0.3, 0.4) is 0 Å². The summed E-state index contributed by atoms with van der Waals surface area (Å²) in [6.45, 7) is 2.73. The second-order valence-corrected chi connectivity index (χ2v) is 5.39. The molecule has 0 saturated carbocycles. The molecule has 1 fully saturated rings. The number of nitrogens with two attached hydrogens (primary N) is 1. The number of amides is 1. The van der Waals surface area contributed by atoms with Crippen molar-refractivity contribution >= 4 is 17.5 Å².